The molecular weight excluding hydrogens is 380 g/mol. The van der Waals surface area contributed by atoms with E-state index >= 15 is 0 Å². The molecule has 30 heavy (non-hydrogen) atoms. The summed E-state index contributed by atoms with van der Waals surface area (Å²) < 4.78 is 15.9. The van der Waals surface area contributed by atoms with Crippen molar-refractivity contribution in [3.05, 3.63) is 23.8 Å². The van der Waals surface area contributed by atoms with Crippen LogP contribution in [0.1, 0.15) is 89.5 Å². The molecule has 2 aliphatic rings. The van der Waals surface area contributed by atoms with Gasteiger partial charge in [0.25, 0.3) is 0 Å². The first-order chi connectivity index (χ1) is 14.6. The number of cyclic esters (lactones) is 1. The summed E-state index contributed by atoms with van der Waals surface area (Å²) in [4.78, 5) is 11.6. The summed E-state index contributed by atoms with van der Waals surface area (Å²) in [6.07, 6.45) is 14.7. The zero-order chi connectivity index (χ0) is 21.2. The van der Waals surface area contributed by atoms with Gasteiger partial charge in [0.1, 0.15) is 12.2 Å². The maximum absolute atomic E-state index is 11.6. The maximum Gasteiger partial charge on any atom is 0.312 e. The first-order valence-corrected chi connectivity index (χ1v) is 11.9. The number of fused-ring (bicyclic) bond motifs is 1. The minimum Gasteiger partial charge on any atom is -0.460 e. The number of aliphatic hydroxyl groups excluding tert-OH is 1. The average molecular weight is 419 g/mol. The Morgan fingerprint density at radius 3 is 2.10 bits per heavy atom. The Morgan fingerprint density at radius 2 is 1.47 bits per heavy atom. The number of carbonyl (C=O) groups is 1. The number of aryl methyl sites for hydroxylation is 1. The highest BCUT2D eigenvalue weighted by atomic mass is 16.7. The fourth-order valence-electron chi connectivity index (χ4n) is 4.48. The fraction of sp³-hybridized carbons (Fsp3) is 0.720. The molecule has 0 radical (unpaired) electrons. The fourth-order valence-corrected chi connectivity index (χ4v) is 4.48. The van der Waals surface area contributed by atoms with Crippen molar-refractivity contribution in [2.24, 2.45) is 5.92 Å². The Morgan fingerprint density at radius 1 is 0.867 bits per heavy atom. The molecule has 0 spiro atoms. The highest BCUT2D eigenvalue weighted by Gasteiger charge is 2.40. The second kappa shape index (κ2) is 12.2. The second-order valence-electron chi connectivity index (χ2n) is 8.85. The topological polar surface area (TPSA) is 65.0 Å². The van der Waals surface area contributed by atoms with Gasteiger partial charge in [-0.05, 0) is 43.9 Å². The zero-order valence-corrected chi connectivity index (χ0v) is 18.4. The number of aliphatic hydroxyl groups is 1. The smallest absolute Gasteiger partial charge is 0.312 e. The van der Waals surface area contributed by atoms with Crippen molar-refractivity contribution in [2.45, 2.75) is 103 Å². The van der Waals surface area contributed by atoms with Gasteiger partial charge < -0.3 is 19.3 Å². The van der Waals surface area contributed by atoms with E-state index in [1.165, 1.54) is 63.4 Å². The predicted octanol–water partition coefficient (Wildman–Crippen LogP) is 5.56. The van der Waals surface area contributed by atoms with Crippen molar-refractivity contribution >= 4 is 5.97 Å². The Labute approximate surface area is 181 Å². The minimum atomic E-state index is -0.616. The molecule has 0 bridgehead atoms. The number of hydrogen-bond donors (Lipinski definition) is 1. The van der Waals surface area contributed by atoms with Gasteiger partial charge in [0.2, 0.25) is 6.79 Å². The number of rotatable bonds is 14. The normalized spacial score (nSPS) is 22.5. The summed E-state index contributed by atoms with van der Waals surface area (Å²) in [6.45, 7) is 2.11. The Kier molecular flexibility index (Phi) is 9.31. The molecule has 1 aromatic rings. The van der Waals surface area contributed by atoms with Gasteiger partial charge in [-0.3, -0.25) is 4.79 Å². The van der Waals surface area contributed by atoms with Crippen LogP contribution < -0.4 is 9.47 Å². The van der Waals surface area contributed by atoms with Crippen LogP contribution in [-0.2, 0) is 16.0 Å². The number of carbonyl (C=O) groups excluding carboxylic acids is 1. The third-order valence-electron chi connectivity index (χ3n) is 6.42. The number of ether oxygens (including phenoxy) is 3. The molecule has 1 saturated heterocycles. The lowest BCUT2D eigenvalue weighted by Gasteiger charge is -2.11. The monoisotopic (exact) mass is 418 g/mol. The highest BCUT2D eigenvalue weighted by molar-refractivity contribution is 5.75. The third kappa shape index (κ3) is 6.90. The van der Waals surface area contributed by atoms with Crippen molar-refractivity contribution in [3.8, 4) is 11.5 Å². The summed E-state index contributed by atoms with van der Waals surface area (Å²) in [5, 5.41) is 9.94. The van der Waals surface area contributed by atoms with Crippen LogP contribution in [0, 0.1) is 5.92 Å². The summed E-state index contributed by atoms with van der Waals surface area (Å²) >= 11 is 0. The van der Waals surface area contributed by atoms with Gasteiger partial charge in [-0.15, -0.1) is 0 Å². The van der Waals surface area contributed by atoms with Crippen LogP contribution in [0.25, 0.3) is 0 Å². The lowest BCUT2D eigenvalue weighted by atomic mass is 9.95. The van der Waals surface area contributed by atoms with Gasteiger partial charge >= 0.3 is 5.97 Å². The lowest BCUT2D eigenvalue weighted by molar-refractivity contribution is -0.143. The SMILES string of the molecule is C[C@H]1OC(=O)[C@@H](CCCCCCCCCCCCCc2ccc3c(c2)OCO3)[C@H]1O. The molecule has 5 heteroatoms. The third-order valence-corrected chi connectivity index (χ3v) is 6.42. The maximum atomic E-state index is 11.6. The number of unbranched alkanes of at least 4 members (excludes halogenated alkanes) is 10. The van der Waals surface area contributed by atoms with Crippen LogP contribution in [0.3, 0.4) is 0 Å². The van der Waals surface area contributed by atoms with Gasteiger partial charge in [-0.2, -0.15) is 0 Å². The molecular formula is C25H38O5. The molecule has 168 valence electrons. The molecule has 0 saturated carbocycles. The Bertz CT molecular complexity index is 659. The molecule has 0 aromatic heterocycles. The van der Waals surface area contributed by atoms with Crippen molar-refractivity contribution in [1.29, 1.82) is 0 Å². The molecule has 1 fully saturated rings. The molecule has 1 N–H and O–H groups in total. The van der Waals surface area contributed by atoms with E-state index in [4.69, 9.17) is 14.2 Å². The van der Waals surface area contributed by atoms with Crippen LogP contribution in [0.5, 0.6) is 11.5 Å². The van der Waals surface area contributed by atoms with E-state index in [0.717, 1.165) is 37.2 Å². The van der Waals surface area contributed by atoms with Crippen LogP contribution in [0.15, 0.2) is 18.2 Å². The molecule has 1 aromatic carbocycles. The molecule has 0 aliphatic carbocycles. The van der Waals surface area contributed by atoms with E-state index in [1.54, 1.807) is 6.92 Å². The first-order valence-electron chi connectivity index (χ1n) is 11.9. The quantitative estimate of drug-likeness (QED) is 0.316. The molecule has 2 heterocycles. The van der Waals surface area contributed by atoms with Gasteiger partial charge in [-0.1, -0.05) is 70.3 Å². The van der Waals surface area contributed by atoms with E-state index in [0.29, 0.717) is 6.79 Å². The minimum absolute atomic E-state index is 0.217. The van der Waals surface area contributed by atoms with Gasteiger partial charge in [0.05, 0.1) is 5.92 Å². The molecule has 3 atom stereocenters. The van der Waals surface area contributed by atoms with Gasteiger partial charge in [0, 0.05) is 0 Å². The summed E-state index contributed by atoms with van der Waals surface area (Å²) in [5.74, 6) is 1.24. The number of esters is 1. The second-order valence-corrected chi connectivity index (χ2v) is 8.85. The summed E-state index contributed by atoms with van der Waals surface area (Å²) in [7, 11) is 0. The standard InChI is InChI=1S/C25H38O5/c1-19-24(26)21(25(27)30-19)14-12-10-8-6-4-2-3-5-7-9-11-13-20-15-16-22-23(17-20)29-18-28-22/h15-17,19,21,24,26H,2-14,18H2,1H3/t19-,21+,24+/m1/s1. The van der Waals surface area contributed by atoms with Crippen molar-refractivity contribution in [3.63, 3.8) is 0 Å². The van der Waals surface area contributed by atoms with Crippen LogP contribution in [-0.4, -0.2) is 30.1 Å². The van der Waals surface area contributed by atoms with E-state index < -0.39 is 6.10 Å². The first kappa shape index (κ1) is 22.9. The van der Waals surface area contributed by atoms with Crippen LogP contribution >= 0.6 is 0 Å². The zero-order valence-electron chi connectivity index (χ0n) is 18.4. The number of hydrogen-bond acceptors (Lipinski definition) is 5. The van der Waals surface area contributed by atoms with Crippen LogP contribution in [0.2, 0.25) is 0 Å². The van der Waals surface area contributed by atoms with Crippen molar-refractivity contribution in [2.75, 3.05) is 6.79 Å². The van der Waals surface area contributed by atoms with E-state index in [1.807, 2.05) is 6.07 Å². The number of benzene rings is 1. The molecule has 3 rings (SSSR count). The van der Waals surface area contributed by atoms with Gasteiger partial charge in [-0.25, -0.2) is 0 Å². The van der Waals surface area contributed by atoms with E-state index in [9.17, 15) is 9.90 Å². The van der Waals surface area contributed by atoms with E-state index in [-0.39, 0.29) is 18.0 Å². The molecule has 0 unspecified atom stereocenters. The lowest BCUT2D eigenvalue weighted by Crippen LogP contribution is -2.24. The molecule has 5 nitrogen and oxygen atoms in total. The average Bonchev–Trinajstić information content (AvgIpc) is 3.30. The van der Waals surface area contributed by atoms with Crippen molar-refractivity contribution < 1.29 is 24.1 Å². The predicted molar refractivity (Wildman–Crippen MR) is 117 cm³/mol. The Hall–Kier alpha value is -1.75. The highest BCUT2D eigenvalue weighted by Crippen LogP contribution is 2.33. The van der Waals surface area contributed by atoms with Gasteiger partial charge in [0.15, 0.2) is 11.5 Å². The Balaban J connectivity index is 1.09. The van der Waals surface area contributed by atoms with Crippen LogP contribution in [0.4, 0.5) is 0 Å². The van der Waals surface area contributed by atoms with E-state index in [2.05, 4.69) is 12.1 Å². The van der Waals surface area contributed by atoms with Crippen molar-refractivity contribution in [1.82, 2.24) is 0 Å². The molecule has 2 aliphatic heterocycles. The summed E-state index contributed by atoms with van der Waals surface area (Å²) in [6, 6.07) is 6.28. The largest absolute Gasteiger partial charge is 0.460 e. The molecule has 0 amide bonds. The summed E-state index contributed by atoms with van der Waals surface area (Å²) in [5.41, 5.74) is 1.34.